The van der Waals surface area contributed by atoms with Crippen LogP contribution in [-0.2, 0) is 16.6 Å². The van der Waals surface area contributed by atoms with Crippen molar-refractivity contribution in [1.29, 1.82) is 0 Å². The normalized spacial score (nSPS) is 16.7. The molecule has 0 bridgehead atoms. The predicted octanol–water partition coefficient (Wildman–Crippen LogP) is 2.21. The van der Waals surface area contributed by atoms with E-state index in [0.29, 0.717) is 16.3 Å². The van der Waals surface area contributed by atoms with Crippen LogP contribution >= 0.6 is 23.8 Å². The van der Waals surface area contributed by atoms with E-state index in [1.165, 1.54) is 11.0 Å². The van der Waals surface area contributed by atoms with Crippen LogP contribution in [0.5, 0.6) is 0 Å². The van der Waals surface area contributed by atoms with E-state index in [9.17, 15) is 9.59 Å². The van der Waals surface area contributed by atoms with Crippen LogP contribution in [0, 0.1) is 6.92 Å². The molecule has 1 fully saturated rings. The summed E-state index contributed by atoms with van der Waals surface area (Å²) in [5.74, 6) is -1.02. The molecule has 8 heteroatoms. The average molecular weight is 361 g/mol. The van der Waals surface area contributed by atoms with Crippen LogP contribution in [0.15, 0.2) is 36.0 Å². The second kappa shape index (κ2) is 6.18. The van der Waals surface area contributed by atoms with E-state index in [2.05, 4.69) is 10.4 Å². The zero-order valence-electron chi connectivity index (χ0n) is 12.9. The number of carbonyl (C=O) groups excluding carboxylic acids is 2. The zero-order chi connectivity index (χ0) is 17.4. The lowest BCUT2D eigenvalue weighted by atomic mass is 10.1. The Labute approximate surface area is 148 Å². The van der Waals surface area contributed by atoms with Gasteiger partial charge in [0.25, 0.3) is 11.8 Å². The molecule has 1 saturated heterocycles. The fourth-order valence-corrected chi connectivity index (χ4v) is 2.70. The fraction of sp³-hybridized carbons (Fsp3) is 0.125. The lowest BCUT2D eigenvalue weighted by Gasteiger charge is -2.28. The second-order valence-corrected chi connectivity index (χ2v) is 6.07. The Kier molecular flexibility index (Phi) is 4.21. The van der Waals surface area contributed by atoms with Crippen LogP contribution in [0.2, 0.25) is 5.02 Å². The number of carbonyl (C=O) groups is 2. The molecule has 1 aliphatic heterocycles. The first-order valence-electron chi connectivity index (χ1n) is 7.04. The van der Waals surface area contributed by atoms with Crippen LogP contribution < -0.4 is 10.2 Å². The van der Waals surface area contributed by atoms with E-state index in [4.69, 9.17) is 23.8 Å². The lowest BCUT2D eigenvalue weighted by molar-refractivity contribution is -0.122. The summed E-state index contributed by atoms with van der Waals surface area (Å²) in [6.07, 6.45) is 3.12. The highest BCUT2D eigenvalue weighted by Gasteiger charge is 2.34. The van der Waals surface area contributed by atoms with Gasteiger partial charge in [-0.3, -0.25) is 24.5 Å². The third-order valence-corrected chi connectivity index (χ3v) is 4.30. The first-order valence-corrected chi connectivity index (χ1v) is 7.82. The monoisotopic (exact) mass is 360 g/mol. The molecular formula is C16H13ClN4O2S. The van der Waals surface area contributed by atoms with Crippen molar-refractivity contribution in [2.24, 2.45) is 7.05 Å². The van der Waals surface area contributed by atoms with Crippen molar-refractivity contribution >= 4 is 52.5 Å². The highest BCUT2D eigenvalue weighted by molar-refractivity contribution is 7.80. The summed E-state index contributed by atoms with van der Waals surface area (Å²) in [5, 5.41) is 7.22. The third kappa shape index (κ3) is 2.83. The molecule has 0 radical (unpaired) electrons. The minimum Gasteiger partial charge on any atom is -0.298 e. The molecule has 2 amide bonds. The Morgan fingerprint density at radius 1 is 1.25 bits per heavy atom. The van der Waals surface area contributed by atoms with Crippen LogP contribution in [-0.4, -0.2) is 26.7 Å². The zero-order valence-corrected chi connectivity index (χ0v) is 14.5. The smallest absolute Gasteiger partial charge is 0.270 e. The first kappa shape index (κ1) is 16.4. The van der Waals surface area contributed by atoms with Gasteiger partial charge in [0.05, 0.1) is 11.9 Å². The summed E-state index contributed by atoms with van der Waals surface area (Å²) in [7, 11) is 1.79. The Bertz CT molecular complexity index is 886. The SMILES string of the molecule is Cc1c(C=C2C(=O)NC(=S)N(c3ccc(Cl)cc3)C2=O)cnn1C. The Morgan fingerprint density at radius 2 is 1.92 bits per heavy atom. The molecule has 0 unspecified atom stereocenters. The van der Waals surface area contributed by atoms with Gasteiger partial charge in [-0.2, -0.15) is 5.10 Å². The number of nitrogens with zero attached hydrogens (tertiary/aromatic N) is 3. The summed E-state index contributed by atoms with van der Waals surface area (Å²) in [4.78, 5) is 26.3. The van der Waals surface area contributed by atoms with Crippen LogP contribution in [0.25, 0.3) is 6.08 Å². The van der Waals surface area contributed by atoms with Crippen molar-refractivity contribution in [2.45, 2.75) is 6.92 Å². The Morgan fingerprint density at radius 3 is 2.50 bits per heavy atom. The van der Waals surface area contributed by atoms with E-state index < -0.39 is 11.8 Å². The maximum absolute atomic E-state index is 12.8. The van der Waals surface area contributed by atoms with Gasteiger partial charge in [0.15, 0.2) is 5.11 Å². The molecule has 6 nitrogen and oxygen atoms in total. The number of hydrogen-bond acceptors (Lipinski definition) is 4. The molecular weight excluding hydrogens is 348 g/mol. The second-order valence-electron chi connectivity index (χ2n) is 5.24. The van der Waals surface area contributed by atoms with Crippen molar-refractivity contribution in [3.05, 3.63) is 52.3 Å². The Hall–Kier alpha value is -2.51. The summed E-state index contributed by atoms with van der Waals surface area (Å²) in [5.41, 5.74) is 2.06. The molecule has 1 aliphatic rings. The molecule has 2 aromatic rings. The van der Waals surface area contributed by atoms with Gasteiger partial charge in [-0.1, -0.05) is 11.6 Å². The molecule has 0 aliphatic carbocycles. The minimum absolute atomic E-state index is 0.00495. The lowest BCUT2D eigenvalue weighted by Crippen LogP contribution is -2.54. The van der Waals surface area contributed by atoms with Crippen LogP contribution in [0.3, 0.4) is 0 Å². The molecule has 0 saturated carbocycles. The van der Waals surface area contributed by atoms with Crippen LogP contribution in [0.4, 0.5) is 5.69 Å². The number of aromatic nitrogens is 2. The van der Waals surface area contributed by atoms with Crippen molar-refractivity contribution in [2.75, 3.05) is 4.90 Å². The number of nitrogens with one attached hydrogen (secondary N) is 1. The number of thiocarbonyl (C=S) groups is 1. The minimum atomic E-state index is -0.529. The van der Waals surface area contributed by atoms with E-state index in [0.717, 1.165) is 5.69 Å². The molecule has 1 aromatic heterocycles. The molecule has 0 spiro atoms. The predicted molar refractivity (Wildman–Crippen MR) is 95.6 cm³/mol. The Balaban J connectivity index is 2.03. The maximum Gasteiger partial charge on any atom is 0.270 e. The van der Waals surface area contributed by atoms with Gasteiger partial charge >= 0.3 is 0 Å². The van der Waals surface area contributed by atoms with Gasteiger partial charge < -0.3 is 0 Å². The highest BCUT2D eigenvalue weighted by atomic mass is 35.5. The number of benzene rings is 1. The van der Waals surface area contributed by atoms with E-state index in [-0.39, 0.29) is 10.7 Å². The summed E-state index contributed by atoms with van der Waals surface area (Å²) in [6.45, 7) is 1.85. The maximum atomic E-state index is 12.8. The van der Waals surface area contributed by atoms with Gasteiger partial charge in [0, 0.05) is 23.3 Å². The van der Waals surface area contributed by atoms with Gasteiger partial charge in [0.1, 0.15) is 5.57 Å². The van der Waals surface area contributed by atoms with Crippen molar-refractivity contribution < 1.29 is 9.59 Å². The first-order chi connectivity index (χ1) is 11.4. The summed E-state index contributed by atoms with van der Waals surface area (Å²) in [6, 6.07) is 6.63. The topological polar surface area (TPSA) is 67.2 Å². The molecule has 1 N–H and O–H groups in total. The highest BCUT2D eigenvalue weighted by Crippen LogP contribution is 2.24. The van der Waals surface area contributed by atoms with Crippen molar-refractivity contribution in [3.8, 4) is 0 Å². The average Bonchev–Trinajstić information content (AvgIpc) is 2.85. The van der Waals surface area contributed by atoms with Gasteiger partial charge in [-0.05, 0) is 49.5 Å². The molecule has 1 aromatic carbocycles. The van der Waals surface area contributed by atoms with Gasteiger partial charge in [-0.15, -0.1) is 0 Å². The van der Waals surface area contributed by atoms with E-state index in [1.54, 1.807) is 42.2 Å². The third-order valence-electron chi connectivity index (χ3n) is 3.76. The number of aryl methyl sites for hydroxylation is 1. The molecule has 3 rings (SSSR count). The van der Waals surface area contributed by atoms with Crippen LogP contribution in [0.1, 0.15) is 11.3 Å². The number of rotatable bonds is 2. The number of halogens is 1. The molecule has 24 heavy (non-hydrogen) atoms. The fourth-order valence-electron chi connectivity index (χ4n) is 2.29. The number of amides is 2. The quantitative estimate of drug-likeness (QED) is 0.506. The number of hydrogen-bond donors (Lipinski definition) is 1. The summed E-state index contributed by atoms with van der Waals surface area (Å²) < 4.78 is 1.67. The largest absolute Gasteiger partial charge is 0.298 e. The van der Waals surface area contributed by atoms with Crippen molar-refractivity contribution in [3.63, 3.8) is 0 Å². The van der Waals surface area contributed by atoms with Gasteiger partial charge in [-0.25, -0.2) is 0 Å². The van der Waals surface area contributed by atoms with E-state index >= 15 is 0 Å². The molecule has 122 valence electrons. The number of anilines is 1. The molecule has 2 heterocycles. The van der Waals surface area contributed by atoms with E-state index in [1.807, 2.05) is 6.92 Å². The van der Waals surface area contributed by atoms with Gasteiger partial charge in [0.2, 0.25) is 0 Å². The summed E-state index contributed by atoms with van der Waals surface area (Å²) >= 11 is 11.0. The molecule has 0 atom stereocenters. The standard InChI is InChI=1S/C16H13ClN4O2S/c1-9-10(8-18-20(9)2)7-13-14(22)19-16(24)21(15(13)23)12-5-3-11(17)4-6-12/h3-8H,1-2H3,(H,19,22,24). The van der Waals surface area contributed by atoms with Crippen molar-refractivity contribution in [1.82, 2.24) is 15.1 Å².